The summed E-state index contributed by atoms with van der Waals surface area (Å²) >= 11 is 1.01. The Kier molecular flexibility index (Phi) is 4.50. The van der Waals surface area contributed by atoms with Crippen LogP contribution in [0.2, 0.25) is 0 Å². The second-order valence-electron chi connectivity index (χ2n) is 6.23. The van der Waals surface area contributed by atoms with Crippen molar-refractivity contribution in [2.75, 3.05) is 13.1 Å². The molecule has 0 aliphatic carbocycles. The lowest BCUT2D eigenvalue weighted by molar-refractivity contribution is 0.0710. The van der Waals surface area contributed by atoms with Gasteiger partial charge in [-0.1, -0.05) is 6.07 Å². The summed E-state index contributed by atoms with van der Waals surface area (Å²) in [4.78, 5) is 19.0. The van der Waals surface area contributed by atoms with Crippen molar-refractivity contribution in [2.45, 2.75) is 18.8 Å². The van der Waals surface area contributed by atoms with Crippen LogP contribution in [0.15, 0.2) is 36.7 Å². The van der Waals surface area contributed by atoms with Gasteiger partial charge in [-0.3, -0.25) is 9.89 Å². The van der Waals surface area contributed by atoms with Crippen molar-refractivity contribution in [1.29, 1.82) is 0 Å². The van der Waals surface area contributed by atoms with E-state index in [1.165, 1.54) is 24.4 Å². The minimum Gasteiger partial charge on any atom is -0.337 e. The summed E-state index contributed by atoms with van der Waals surface area (Å²) < 4.78 is 27.9. The molecule has 134 valence electrons. The molecule has 0 bridgehead atoms. The Bertz CT molecular complexity index is 905. The van der Waals surface area contributed by atoms with Gasteiger partial charge in [-0.2, -0.15) is 5.10 Å². The van der Waals surface area contributed by atoms with Crippen molar-refractivity contribution in [3.8, 4) is 10.6 Å². The molecule has 26 heavy (non-hydrogen) atoms. The Morgan fingerprint density at radius 3 is 2.81 bits per heavy atom. The van der Waals surface area contributed by atoms with Gasteiger partial charge in [0.25, 0.3) is 5.91 Å². The number of carbonyl (C=O) groups is 1. The van der Waals surface area contributed by atoms with Gasteiger partial charge >= 0.3 is 0 Å². The fraction of sp³-hybridized carbons (Fsp3) is 0.278. The zero-order chi connectivity index (χ0) is 18.1. The topological polar surface area (TPSA) is 61.9 Å². The normalized spacial score (nSPS) is 17.5. The minimum atomic E-state index is -0.685. The van der Waals surface area contributed by atoms with Crippen molar-refractivity contribution in [3.63, 3.8) is 0 Å². The number of thiazole rings is 1. The number of hydrogen-bond donors (Lipinski definition) is 1. The third-order valence-electron chi connectivity index (χ3n) is 4.56. The third kappa shape index (κ3) is 3.12. The Hall–Kier alpha value is -2.61. The molecular formula is C18H16F2N4OS. The summed E-state index contributed by atoms with van der Waals surface area (Å²) in [5.41, 5.74) is 0.825. The number of halogens is 2. The van der Waals surface area contributed by atoms with Gasteiger partial charge in [-0.05, 0) is 31.0 Å². The fourth-order valence-electron chi connectivity index (χ4n) is 3.26. The van der Waals surface area contributed by atoms with Crippen LogP contribution in [0.3, 0.4) is 0 Å². The van der Waals surface area contributed by atoms with E-state index in [0.29, 0.717) is 18.0 Å². The average molecular weight is 374 g/mol. The van der Waals surface area contributed by atoms with Gasteiger partial charge in [0, 0.05) is 30.9 Å². The van der Waals surface area contributed by atoms with Crippen LogP contribution in [0.5, 0.6) is 0 Å². The number of piperidine rings is 1. The van der Waals surface area contributed by atoms with E-state index in [9.17, 15) is 13.6 Å². The largest absolute Gasteiger partial charge is 0.337 e. The summed E-state index contributed by atoms with van der Waals surface area (Å²) in [6.45, 7) is 1.24. The Balaban J connectivity index is 1.55. The van der Waals surface area contributed by atoms with E-state index < -0.39 is 11.6 Å². The van der Waals surface area contributed by atoms with Gasteiger partial charge in [-0.15, -0.1) is 11.3 Å². The number of nitrogens with zero attached hydrogens (tertiary/aromatic N) is 3. The predicted molar refractivity (Wildman–Crippen MR) is 93.9 cm³/mol. The smallest absolute Gasteiger partial charge is 0.265 e. The molecule has 2 aromatic heterocycles. The monoisotopic (exact) mass is 374 g/mol. The van der Waals surface area contributed by atoms with Gasteiger partial charge < -0.3 is 4.90 Å². The number of amides is 1. The zero-order valence-corrected chi connectivity index (χ0v) is 14.6. The predicted octanol–water partition coefficient (Wildman–Crippen LogP) is 3.83. The number of hydrogen-bond acceptors (Lipinski definition) is 4. The first-order valence-electron chi connectivity index (χ1n) is 8.32. The van der Waals surface area contributed by atoms with E-state index in [1.807, 2.05) is 6.07 Å². The maximum atomic E-state index is 13.9. The van der Waals surface area contributed by atoms with Crippen LogP contribution in [0, 0.1) is 11.6 Å². The molecule has 1 fully saturated rings. The molecule has 1 amide bonds. The zero-order valence-electron chi connectivity index (χ0n) is 13.8. The maximum Gasteiger partial charge on any atom is 0.265 e. The number of aromatic amines is 1. The number of H-pyrrole nitrogens is 1. The van der Waals surface area contributed by atoms with E-state index in [2.05, 4.69) is 15.2 Å². The second kappa shape index (κ2) is 6.95. The Labute approximate surface area is 152 Å². The molecule has 1 aromatic carbocycles. The Morgan fingerprint density at radius 1 is 1.27 bits per heavy atom. The number of likely N-dealkylation sites (tertiary alicyclic amines) is 1. The van der Waals surface area contributed by atoms with Gasteiger partial charge in [-0.25, -0.2) is 13.8 Å². The molecule has 3 heterocycles. The van der Waals surface area contributed by atoms with E-state index in [-0.39, 0.29) is 22.4 Å². The molecule has 5 nitrogen and oxygen atoms in total. The van der Waals surface area contributed by atoms with Crippen molar-refractivity contribution in [3.05, 3.63) is 58.9 Å². The molecule has 3 aromatic rings. The highest BCUT2D eigenvalue weighted by Gasteiger charge is 2.28. The molecule has 1 saturated heterocycles. The number of benzene rings is 1. The van der Waals surface area contributed by atoms with Crippen LogP contribution >= 0.6 is 11.3 Å². The lowest BCUT2D eigenvalue weighted by Gasteiger charge is -2.31. The van der Waals surface area contributed by atoms with E-state index in [4.69, 9.17) is 0 Å². The lowest BCUT2D eigenvalue weighted by Crippen LogP contribution is -2.38. The van der Waals surface area contributed by atoms with Crippen LogP contribution in [0.25, 0.3) is 10.6 Å². The molecule has 0 radical (unpaired) electrons. The first-order valence-corrected chi connectivity index (χ1v) is 9.14. The van der Waals surface area contributed by atoms with E-state index in [0.717, 1.165) is 29.9 Å². The van der Waals surface area contributed by atoms with Gasteiger partial charge in [0.1, 0.15) is 21.5 Å². The maximum absolute atomic E-state index is 13.9. The molecule has 4 rings (SSSR count). The fourth-order valence-corrected chi connectivity index (χ4v) is 4.19. The summed E-state index contributed by atoms with van der Waals surface area (Å²) in [6.07, 6.45) is 4.98. The van der Waals surface area contributed by atoms with Crippen LogP contribution in [0.4, 0.5) is 8.78 Å². The highest BCUT2D eigenvalue weighted by Crippen LogP contribution is 2.32. The van der Waals surface area contributed by atoms with Gasteiger partial charge in [0.2, 0.25) is 0 Å². The Morgan fingerprint density at radius 2 is 2.08 bits per heavy atom. The quantitative estimate of drug-likeness (QED) is 0.758. The van der Waals surface area contributed by atoms with Crippen molar-refractivity contribution >= 4 is 17.2 Å². The average Bonchev–Trinajstić information content (AvgIpc) is 3.33. The number of nitrogens with one attached hydrogen (secondary N) is 1. The van der Waals surface area contributed by atoms with E-state index >= 15 is 0 Å². The summed E-state index contributed by atoms with van der Waals surface area (Å²) in [6, 6.07) is 5.59. The molecule has 0 spiro atoms. The van der Waals surface area contributed by atoms with Crippen molar-refractivity contribution < 1.29 is 13.6 Å². The molecule has 1 unspecified atom stereocenters. The van der Waals surface area contributed by atoms with Crippen LogP contribution in [0.1, 0.15) is 34.1 Å². The highest BCUT2D eigenvalue weighted by atomic mass is 32.1. The lowest BCUT2D eigenvalue weighted by atomic mass is 9.95. The second-order valence-corrected chi connectivity index (χ2v) is 7.26. The first kappa shape index (κ1) is 16.8. The standard InChI is InChI=1S/C18H16F2N4OS/c19-12-4-1-5-13(20)16(12)17-21-9-15(26-17)18(25)24-8-2-3-11(10-24)14-6-7-22-23-14/h1,4-7,9,11H,2-3,8,10H2,(H,22,23). The molecule has 1 aliphatic rings. The van der Waals surface area contributed by atoms with Crippen molar-refractivity contribution in [2.24, 2.45) is 0 Å². The highest BCUT2D eigenvalue weighted by molar-refractivity contribution is 7.16. The molecule has 0 saturated carbocycles. The van der Waals surface area contributed by atoms with E-state index in [1.54, 1.807) is 11.1 Å². The minimum absolute atomic E-state index is 0.158. The summed E-state index contributed by atoms with van der Waals surface area (Å²) in [5, 5.41) is 7.11. The summed E-state index contributed by atoms with van der Waals surface area (Å²) in [5.74, 6) is -1.31. The first-order chi connectivity index (χ1) is 12.6. The van der Waals surface area contributed by atoms with Crippen LogP contribution < -0.4 is 0 Å². The SMILES string of the molecule is O=C(c1cnc(-c2c(F)cccc2F)s1)N1CCCC(c2ccn[nH]2)C1. The number of aromatic nitrogens is 3. The molecule has 1 aliphatic heterocycles. The van der Waals surface area contributed by atoms with Gasteiger partial charge in [0.05, 0.1) is 11.8 Å². The van der Waals surface area contributed by atoms with Crippen LogP contribution in [-0.2, 0) is 0 Å². The third-order valence-corrected chi connectivity index (χ3v) is 5.57. The number of rotatable bonds is 3. The molecule has 1 N–H and O–H groups in total. The summed E-state index contributed by atoms with van der Waals surface area (Å²) in [7, 11) is 0. The van der Waals surface area contributed by atoms with Crippen molar-refractivity contribution in [1.82, 2.24) is 20.1 Å². The van der Waals surface area contributed by atoms with Crippen LogP contribution in [-0.4, -0.2) is 39.1 Å². The molecular weight excluding hydrogens is 358 g/mol. The molecule has 8 heteroatoms. The van der Waals surface area contributed by atoms with Gasteiger partial charge in [0.15, 0.2) is 0 Å². The number of carbonyl (C=O) groups excluding carboxylic acids is 1. The molecule has 1 atom stereocenters.